The van der Waals surface area contributed by atoms with E-state index in [2.05, 4.69) is 5.92 Å². The number of benzene rings is 1. The Morgan fingerprint density at radius 3 is 2.47 bits per heavy atom. The van der Waals surface area contributed by atoms with E-state index in [4.69, 9.17) is 15.3 Å². The first-order chi connectivity index (χ1) is 8.77. The van der Waals surface area contributed by atoms with E-state index in [0.29, 0.717) is 5.56 Å². The third-order valence-electron chi connectivity index (χ3n) is 2.27. The SMILES string of the molecule is C#CCOc1cc(C)cc(C)c1S(=O)(=O)OC(C)C. The van der Waals surface area contributed by atoms with Gasteiger partial charge in [0.1, 0.15) is 17.3 Å². The molecule has 0 radical (unpaired) electrons. The molecular weight excluding hydrogens is 264 g/mol. The fourth-order valence-corrected chi connectivity index (χ4v) is 3.18. The molecule has 0 unspecified atom stereocenters. The Bertz CT molecular complexity index is 595. The van der Waals surface area contributed by atoms with Gasteiger partial charge < -0.3 is 4.74 Å². The Labute approximate surface area is 114 Å². The summed E-state index contributed by atoms with van der Waals surface area (Å²) in [5, 5.41) is 0. The molecule has 0 atom stereocenters. The van der Waals surface area contributed by atoms with Crippen molar-refractivity contribution in [1.82, 2.24) is 0 Å². The van der Waals surface area contributed by atoms with Crippen LogP contribution >= 0.6 is 0 Å². The monoisotopic (exact) mass is 282 g/mol. The minimum atomic E-state index is -3.86. The largest absolute Gasteiger partial charge is 0.479 e. The standard InChI is InChI=1S/C14H18O4S/c1-6-7-17-13-9-11(4)8-12(5)14(13)19(15,16)18-10(2)3/h1,8-10H,7H2,2-5H3. The van der Waals surface area contributed by atoms with Gasteiger partial charge >= 0.3 is 10.1 Å². The lowest BCUT2D eigenvalue weighted by atomic mass is 10.1. The second-order valence-corrected chi connectivity index (χ2v) is 6.01. The van der Waals surface area contributed by atoms with Crippen LogP contribution in [-0.2, 0) is 14.3 Å². The number of hydrogen-bond donors (Lipinski definition) is 0. The van der Waals surface area contributed by atoms with Crippen molar-refractivity contribution in [3.05, 3.63) is 23.3 Å². The normalized spacial score (nSPS) is 11.4. The van der Waals surface area contributed by atoms with Crippen LogP contribution in [0.15, 0.2) is 17.0 Å². The van der Waals surface area contributed by atoms with Crippen molar-refractivity contribution < 1.29 is 17.3 Å². The molecule has 4 nitrogen and oxygen atoms in total. The van der Waals surface area contributed by atoms with Crippen LogP contribution in [0, 0.1) is 26.2 Å². The van der Waals surface area contributed by atoms with E-state index in [1.165, 1.54) is 0 Å². The molecule has 0 saturated carbocycles. The van der Waals surface area contributed by atoms with Crippen LogP contribution in [0.4, 0.5) is 0 Å². The van der Waals surface area contributed by atoms with E-state index in [0.717, 1.165) is 5.56 Å². The van der Waals surface area contributed by atoms with E-state index >= 15 is 0 Å². The van der Waals surface area contributed by atoms with Crippen molar-refractivity contribution in [3.63, 3.8) is 0 Å². The van der Waals surface area contributed by atoms with Crippen LogP contribution in [0.25, 0.3) is 0 Å². The van der Waals surface area contributed by atoms with Gasteiger partial charge in [-0.2, -0.15) is 8.42 Å². The van der Waals surface area contributed by atoms with Gasteiger partial charge in [0.2, 0.25) is 0 Å². The van der Waals surface area contributed by atoms with Gasteiger partial charge in [0.25, 0.3) is 0 Å². The number of rotatable bonds is 5. The van der Waals surface area contributed by atoms with Crippen LogP contribution in [-0.4, -0.2) is 21.1 Å². The van der Waals surface area contributed by atoms with E-state index < -0.39 is 16.2 Å². The Kier molecular flexibility index (Phi) is 4.98. The average molecular weight is 282 g/mol. The summed E-state index contributed by atoms with van der Waals surface area (Å²) < 4.78 is 34.7. The molecule has 104 valence electrons. The predicted molar refractivity (Wildman–Crippen MR) is 73.7 cm³/mol. The van der Waals surface area contributed by atoms with Crippen molar-refractivity contribution in [2.24, 2.45) is 0 Å². The molecule has 0 aliphatic rings. The Balaban J connectivity index is 3.36. The molecule has 1 aromatic carbocycles. The maximum atomic E-state index is 12.2. The smallest absolute Gasteiger partial charge is 0.301 e. The third kappa shape index (κ3) is 3.98. The van der Waals surface area contributed by atoms with Crippen molar-refractivity contribution in [2.45, 2.75) is 38.7 Å². The topological polar surface area (TPSA) is 52.6 Å². The van der Waals surface area contributed by atoms with E-state index in [1.54, 1.807) is 32.9 Å². The summed E-state index contributed by atoms with van der Waals surface area (Å²) in [4.78, 5) is 0.0436. The summed E-state index contributed by atoms with van der Waals surface area (Å²) in [6.45, 7) is 6.88. The molecule has 1 rings (SSSR count). The van der Waals surface area contributed by atoms with Crippen LogP contribution < -0.4 is 4.74 Å². The Morgan fingerprint density at radius 1 is 1.32 bits per heavy atom. The van der Waals surface area contributed by atoms with Crippen LogP contribution in [0.1, 0.15) is 25.0 Å². The van der Waals surface area contributed by atoms with Gasteiger partial charge in [-0.25, -0.2) is 0 Å². The molecule has 5 heteroatoms. The predicted octanol–water partition coefficient (Wildman–Crippen LogP) is 2.43. The summed E-state index contributed by atoms with van der Waals surface area (Å²) in [5.74, 6) is 2.55. The number of hydrogen-bond acceptors (Lipinski definition) is 4. The number of ether oxygens (including phenoxy) is 1. The van der Waals surface area contributed by atoms with Gasteiger partial charge in [0.15, 0.2) is 0 Å². The summed E-state index contributed by atoms with van der Waals surface area (Å²) in [6, 6.07) is 3.40. The minimum absolute atomic E-state index is 0.00704. The summed E-state index contributed by atoms with van der Waals surface area (Å²) in [6.07, 6.45) is 4.70. The highest BCUT2D eigenvalue weighted by molar-refractivity contribution is 7.87. The highest BCUT2D eigenvalue weighted by Gasteiger charge is 2.25. The molecule has 0 N–H and O–H groups in total. The van der Waals surface area contributed by atoms with Crippen LogP contribution in [0.3, 0.4) is 0 Å². The molecule has 0 amide bonds. The first-order valence-corrected chi connectivity index (χ1v) is 7.29. The molecule has 19 heavy (non-hydrogen) atoms. The van der Waals surface area contributed by atoms with E-state index in [9.17, 15) is 8.42 Å². The van der Waals surface area contributed by atoms with Crippen molar-refractivity contribution in [2.75, 3.05) is 6.61 Å². The minimum Gasteiger partial charge on any atom is -0.479 e. The number of terminal acetylenes is 1. The molecule has 0 fully saturated rings. The quantitative estimate of drug-likeness (QED) is 0.615. The highest BCUT2D eigenvalue weighted by Crippen LogP contribution is 2.31. The zero-order valence-electron chi connectivity index (χ0n) is 11.6. The second-order valence-electron chi connectivity index (χ2n) is 4.50. The summed E-state index contributed by atoms with van der Waals surface area (Å²) >= 11 is 0. The maximum Gasteiger partial charge on any atom is 0.301 e. The van der Waals surface area contributed by atoms with Gasteiger partial charge in [-0.05, 0) is 44.9 Å². The summed E-state index contributed by atoms with van der Waals surface area (Å²) in [5.41, 5.74) is 1.47. The number of aryl methyl sites for hydroxylation is 2. The Hall–Kier alpha value is -1.51. The molecule has 0 heterocycles. The van der Waals surface area contributed by atoms with Gasteiger partial charge in [0, 0.05) is 0 Å². The zero-order chi connectivity index (χ0) is 14.6. The van der Waals surface area contributed by atoms with Crippen molar-refractivity contribution in [1.29, 1.82) is 0 Å². The molecule has 0 aliphatic heterocycles. The first kappa shape index (κ1) is 15.5. The average Bonchev–Trinajstić information content (AvgIpc) is 2.22. The molecule has 0 saturated heterocycles. The van der Waals surface area contributed by atoms with Gasteiger partial charge in [-0.15, -0.1) is 6.42 Å². The lowest BCUT2D eigenvalue weighted by Gasteiger charge is -2.15. The van der Waals surface area contributed by atoms with Gasteiger partial charge in [-0.1, -0.05) is 12.0 Å². The van der Waals surface area contributed by atoms with Crippen LogP contribution in [0.5, 0.6) is 5.75 Å². The third-order valence-corrected chi connectivity index (χ3v) is 3.93. The Morgan fingerprint density at radius 2 is 1.95 bits per heavy atom. The lowest BCUT2D eigenvalue weighted by molar-refractivity contribution is 0.246. The molecule has 0 bridgehead atoms. The fourth-order valence-electron chi connectivity index (χ4n) is 1.76. The highest BCUT2D eigenvalue weighted by atomic mass is 32.2. The molecule has 0 aromatic heterocycles. The van der Waals surface area contributed by atoms with Gasteiger partial charge in [0.05, 0.1) is 6.10 Å². The van der Waals surface area contributed by atoms with Crippen molar-refractivity contribution >= 4 is 10.1 Å². The lowest BCUT2D eigenvalue weighted by Crippen LogP contribution is -2.15. The van der Waals surface area contributed by atoms with Gasteiger partial charge in [-0.3, -0.25) is 4.18 Å². The van der Waals surface area contributed by atoms with E-state index in [-0.39, 0.29) is 17.3 Å². The van der Waals surface area contributed by atoms with Crippen LogP contribution in [0.2, 0.25) is 0 Å². The molecule has 1 aromatic rings. The molecule has 0 spiro atoms. The first-order valence-electron chi connectivity index (χ1n) is 5.88. The maximum absolute atomic E-state index is 12.2. The fraction of sp³-hybridized carbons (Fsp3) is 0.429. The van der Waals surface area contributed by atoms with Crippen molar-refractivity contribution in [3.8, 4) is 18.1 Å². The van der Waals surface area contributed by atoms with E-state index in [1.807, 2.05) is 6.92 Å². The molecule has 0 aliphatic carbocycles. The zero-order valence-corrected chi connectivity index (χ0v) is 12.4. The summed E-state index contributed by atoms with van der Waals surface area (Å²) in [7, 11) is -3.86. The second kappa shape index (κ2) is 6.09. The molecular formula is C14H18O4S.